The highest BCUT2D eigenvalue weighted by molar-refractivity contribution is 5.76. The molecule has 98 valence electrons. The molecule has 19 heavy (non-hydrogen) atoms. The molecule has 0 aliphatic heterocycles. The van der Waals surface area contributed by atoms with E-state index in [-0.39, 0.29) is 0 Å². The molecule has 2 aliphatic rings. The maximum absolute atomic E-state index is 11.1. The van der Waals surface area contributed by atoms with Crippen LogP contribution < -0.4 is 11.1 Å². The number of rotatable bonds is 3. The number of benzene rings is 1. The Kier molecular flexibility index (Phi) is 2.31. The van der Waals surface area contributed by atoms with Gasteiger partial charge in [0.2, 0.25) is 0 Å². The first-order chi connectivity index (χ1) is 9.28. The number of nitrogens with one attached hydrogen (secondary N) is 2. The number of anilines is 1. The number of aromatic nitrogens is 1. The van der Waals surface area contributed by atoms with Gasteiger partial charge in [0.15, 0.2) is 5.58 Å². The van der Waals surface area contributed by atoms with E-state index in [0.717, 1.165) is 35.5 Å². The molecular formula is C15H16N2O2. The Labute approximate surface area is 110 Å². The van der Waals surface area contributed by atoms with E-state index in [1.54, 1.807) is 0 Å². The molecule has 4 heteroatoms. The Bertz CT molecular complexity index is 697. The van der Waals surface area contributed by atoms with Crippen molar-refractivity contribution in [1.82, 2.24) is 4.98 Å². The number of hydrogen-bond acceptors (Lipinski definition) is 3. The van der Waals surface area contributed by atoms with Gasteiger partial charge in [0.05, 0.1) is 5.52 Å². The maximum atomic E-state index is 11.1. The summed E-state index contributed by atoms with van der Waals surface area (Å²) in [7, 11) is 0. The monoisotopic (exact) mass is 256 g/mol. The molecule has 0 radical (unpaired) electrons. The Morgan fingerprint density at radius 1 is 1.32 bits per heavy atom. The quantitative estimate of drug-likeness (QED) is 0.830. The first kappa shape index (κ1) is 10.9. The number of H-pyrrole nitrogens is 1. The molecule has 1 fully saturated rings. The minimum atomic E-state index is -0.398. The summed E-state index contributed by atoms with van der Waals surface area (Å²) >= 11 is 0. The predicted octanol–water partition coefficient (Wildman–Crippen LogP) is 2.75. The summed E-state index contributed by atoms with van der Waals surface area (Å²) in [6.07, 6.45) is 7.38. The Balaban J connectivity index is 1.49. The zero-order chi connectivity index (χ0) is 12.8. The van der Waals surface area contributed by atoms with Crippen molar-refractivity contribution in [3.63, 3.8) is 0 Å². The standard InChI is InChI=1S/C15H16N2O2/c18-15-17-13-7-12(3-4-14(13)19-15)16-8-11-6-9-1-2-10(11)5-9/h1-4,7,9-11,16H,5-6,8H2,(H,17,18). The molecule has 2 bridgehead atoms. The fourth-order valence-corrected chi connectivity index (χ4v) is 3.44. The Morgan fingerprint density at radius 2 is 2.26 bits per heavy atom. The van der Waals surface area contributed by atoms with Crippen molar-refractivity contribution in [3.8, 4) is 0 Å². The van der Waals surface area contributed by atoms with Crippen LogP contribution in [0.4, 0.5) is 5.69 Å². The summed E-state index contributed by atoms with van der Waals surface area (Å²) in [5, 5.41) is 3.48. The zero-order valence-corrected chi connectivity index (χ0v) is 10.6. The first-order valence-electron chi connectivity index (χ1n) is 6.83. The highest BCUT2D eigenvalue weighted by Crippen LogP contribution is 2.43. The van der Waals surface area contributed by atoms with Gasteiger partial charge >= 0.3 is 5.76 Å². The third-order valence-corrected chi connectivity index (χ3v) is 4.40. The van der Waals surface area contributed by atoms with Crippen LogP contribution in [0.1, 0.15) is 12.8 Å². The summed E-state index contributed by atoms with van der Waals surface area (Å²) in [4.78, 5) is 13.8. The van der Waals surface area contributed by atoms with Crippen LogP contribution in [0.2, 0.25) is 0 Å². The smallest absolute Gasteiger partial charge is 0.408 e. The van der Waals surface area contributed by atoms with Gasteiger partial charge in [0.25, 0.3) is 0 Å². The predicted molar refractivity (Wildman–Crippen MR) is 74.2 cm³/mol. The van der Waals surface area contributed by atoms with E-state index in [9.17, 15) is 4.79 Å². The number of hydrogen-bond donors (Lipinski definition) is 2. The van der Waals surface area contributed by atoms with Crippen molar-refractivity contribution in [2.75, 3.05) is 11.9 Å². The summed E-state index contributed by atoms with van der Waals surface area (Å²) in [5.74, 6) is 1.92. The highest BCUT2D eigenvalue weighted by Gasteiger charge is 2.35. The van der Waals surface area contributed by atoms with E-state index in [1.165, 1.54) is 12.8 Å². The zero-order valence-electron chi connectivity index (χ0n) is 10.6. The normalized spacial score (nSPS) is 28.3. The largest absolute Gasteiger partial charge is 0.417 e. The summed E-state index contributed by atoms with van der Waals surface area (Å²) < 4.78 is 4.99. The first-order valence-corrected chi connectivity index (χ1v) is 6.83. The van der Waals surface area contributed by atoms with Gasteiger partial charge in [0.1, 0.15) is 0 Å². The molecule has 3 atom stereocenters. The molecule has 1 aromatic carbocycles. The van der Waals surface area contributed by atoms with Crippen LogP contribution in [0.25, 0.3) is 11.1 Å². The fourth-order valence-electron chi connectivity index (χ4n) is 3.44. The third-order valence-electron chi connectivity index (χ3n) is 4.40. The second kappa shape index (κ2) is 4.02. The van der Waals surface area contributed by atoms with Gasteiger partial charge in [0, 0.05) is 12.2 Å². The SMILES string of the molecule is O=c1[nH]c2cc(NCC3CC4C=CC3C4)ccc2o1. The number of oxazole rings is 1. The Morgan fingerprint density at radius 3 is 3.05 bits per heavy atom. The summed E-state index contributed by atoms with van der Waals surface area (Å²) in [6, 6.07) is 5.72. The van der Waals surface area contributed by atoms with Crippen molar-refractivity contribution in [3.05, 3.63) is 40.9 Å². The highest BCUT2D eigenvalue weighted by atomic mass is 16.4. The molecule has 1 saturated carbocycles. The van der Waals surface area contributed by atoms with Crippen LogP contribution in [-0.2, 0) is 0 Å². The van der Waals surface area contributed by atoms with Gasteiger partial charge in [-0.2, -0.15) is 0 Å². The molecule has 0 amide bonds. The lowest BCUT2D eigenvalue weighted by Gasteiger charge is -2.19. The van der Waals surface area contributed by atoms with E-state index in [4.69, 9.17) is 4.42 Å². The van der Waals surface area contributed by atoms with Crippen molar-refractivity contribution in [1.29, 1.82) is 0 Å². The van der Waals surface area contributed by atoms with Crippen LogP contribution in [-0.4, -0.2) is 11.5 Å². The molecule has 0 saturated heterocycles. The van der Waals surface area contributed by atoms with Crippen LogP contribution in [0.5, 0.6) is 0 Å². The lowest BCUT2D eigenvalue weighted by Crippen LogP contribution is -2.18. The van der Waals surface area contributed by atoms with Gasteiger partial charge in [-0.3, -0.25) is 4.98 Å². The minimum absolute atomic E-state index is 0.398. The molecule has 1 aromatic heterocycles. The molecule has 2 aliphatic carbocycles. The lowest BCUT2D eigenvalue weighted by atomic mass is 9.93. The fraction of sp³-hybridized carbons (Fsp3) is 0.400. The van der Waals surface area contributed by atoms with E-state index in [1.807, 2.05) is 18.2 Å². The summed E-state index contributed by atoms with van der Waals surface area (Å²) in [5.41, 5.74) is 2.40. The third kappa shape index (κ3) is 1.87. The van der Waals surface area contributed by atoms with Crippen molar-refractivity contribution in [2.45, 2.75) is 12.8 Å². The minimum Gasteiger partial charge on any atom is -0.408 e. The van der Waals surface area contributed by atoms with E-state index in [0.29, 0.717) is 5.58 Å². The second-order valence-electron chi connectivity index (χ2n) is 5.65. The molecular weight excluding hydrogens is 240 g/mol. The van der Waals surface area contributed by atoms with Gasteiger partial charge in [-0.15, -0.1) is 0 Å². The van der Waals surface area contributed by atoms with Crippen molar-refractivity contribution >= 4 is 16.8 Å². The number of aromatic amines is 1. The molecule has 1 heterocycles. The average molecular weight is 256 g/mol. The lowest BCUT2D eigenvalue weighted by molar-refractivity contribution is 0.472. The topological polar surface area (TPSA) is 58.0 Å². The second-order valence-corrected chi connectivity index (χ2v) is 5.65. The van der Waals surface area contributed by atoms with Crippen LogP contribution in [0.3, 0.4) is 0 Å². The van der Waals surface area contributed by atoms with Crippen LogP contribution >= 0.6 is 0 Å². The number of allylic oxidation sites excluding steroid dienone is 2. The van der Waals surface area contributed by atoms with Gasteiger partial charge in [-0.05, 0) is 48.8 Å². The van der Waals surface area contributed by atoms with Gasteiger partial charge in [-0.1, -0.05) is 12.2 Å². The van der Waals surface area contributed by atoms with Crippen molar-refractivity contribution < 1.29 is 4.42 Å². The molecule has 4 nitrogen and oxygen atoms in total. The van der Waals surface area contributed by atoms with Crippen molar-refractivity contribution in [2.24, 2.45) is 17.8 Å². The van der Waals surface area contributed by atoms with Crippen LogP contribution in [0.15, 0.2) is 39.6 Å². The molecule has 2 aromatic rings. The molecule has 3 unspecified atom stereocenters. The Hall–Kier alpha value is -1.97. The van der Waals surface area contributed by atoms with Crippen LogP contribution in [0, 0.1) is 17.8 Å². The molecule has 0 spiro atoms. The number of fused-ring (bicyclic) bond motifs is 3. The molecule has 2 N–H and O–H groups in total. The molecule has 4 rings (SSSR count). The van der Waals surface area contributed by atoms with E-state index >= 15 is 0 Å². The average Bonchev–Trinajstić information content (AvgIpc) is 3.08. The van der Waals surface area contributed by atoms with E-state index in [2.05, 4.69) is 22.5 Å². The maximum Gasteiger partial charge on any atom is 0.417 e. The van der Waals surface area contributed by atoms with Gasteiger partial charge in [-0.25, -0.2) is 4.79 Å². The van der Waals surface area contributed by atoms with Gasteiger partial charge < -0.3 is 9.73 Å². The van der Waals surface area contributed by atoms with E-state index < -0.39 is 5.76 Å². The summed E-state index contributed by atoms with van der Waals surface area (Å²) in [6.45, 7) is 0.999.